The van der Waals surface area contributed by atoms with Gasteiger partial charge in [0.25, 0.3) is 5.56 Å². The SMILES string of the molecule is O=c1c2cc(-c3ccc(F)cc3)nn2ccn1Cc1nc(-c2ccc(F)c(Br)c2)no1. The van der Waals surface area contributed by atoms with Crippen LogP contribution in [0.2, 0.25) is 0 Å². The molecule has 10 heteroatoms. The molecule has 0 amide bonds. The van der Waals surface area contributed by atoms with E-state index in [4.69, 9.17) is 4.52 Å². The summed E-state index contributed by atoms with van der Waals surface area (Å²) in [6.07, 6.45) is 3.20. The lowest BCUT2D eigenvalue weighted by molar-refractivity contribution is 0.370. The summed E-state index contributed by atoms with van der Waals surface area (Å²) in [7, 11) is 0. The fourth-order valence-electron chi connectivity index (χ4n) is 3.13. The molecule has 0 fully saturated rings. The van der Waals surface area contributed by atoms with Gasteiger partial charge in [-0.25, -0.2) is 13.3 Å². The first-order chi connectivity index (χ1) is 15.0. The van der Waals surface area contributed by atoms with Crippen molar-refractivity contribution < 1.29 is 13.3 Å². The van der Waals surface area contributed by atoms with Gasteiger partial charge in [0.05, 0.1) is 10.2 Å². The molecule has 3 heterocycles. The Morgan fingerprint density at radius 1 is 1.00 bits per heavy atom. The molecule has 7 nitrogen and oxygen atoms in total. The fourth-order valence-corrected chi connectivity index (χ4v) is 3.51. The smallest absolute Gasteiger partial charge is 0.277 e. The van der Waals surface area contributed by atoms with E-state index < -0.39 is 5.82 Å². The van der Waals surface area contributed by atoms with Crippen LogP contribution in [0.4, 0.5) is 8.78 Å². The molecule has 0 saturated heterocycles. The summed E-state index contributed by atoms with van der Waals surface area (Å²) >= 11 is 3.13. The maximum absolute atomic E-state index is 13.4. The second kappa shape index (κ2) is 7.55. The molecule has 0 radical (unpaired) electrons. The Balaban J connectivity index is 1.45. The van der Waals surface area contributed by atoms with Crippen molar-refractivity contribution in [1.29, 1.82) is 0 Å². The molecule has 0 aliphatic carbocycles. The average molecular weight is 484 g/mol. The molecular weight excluding hydrogens is 472 g/mol. The minimum atomic E-state index is -0.395. The summed E-state index contributed by atoms with van der Waals surface area (Å²) in [5.74, 6) is -0.233. The van der Waals surface area contributed by atoms with E-state index in [0.717, 1.165) is 0 Å². The van der Waals surface area contributed by atoms with Crippen molar-refractivity contribution >= 4 is 21.4 Å². The van der Waals surface area contributed by atoms with Gasteiger partial charge in [0.1, 0.15) is 23.7 Å². The van der Waals surface area contributed by atoms with Crippen LogP contribution in [0.1, 0.15) is 5.89 Å². The van der Waals surface area contributed by atoms with Crippen molar-refractivity contribution in [1.82, 2.24) is 24.3 Å². The van der Waals surface area contributed by atoms with Crippen LogP contribution in [0.5, 0.6) is 0 Å². The lowest BCUT2D eigenvalue weighted by atomic mass is 10.1. The minimum Gasteiger partial charge on any atom is -0.337 e. The van der Waals surface area contributed by atoms with Crippen molar-refractivity contribution in [3.63, 3.8) is 0 Å². The van der Waals surface area contributed by atoms with Crippen molar-refractivity contribution in [2.24, 2.45) is 0 Å². The molecule has 3 aromatic heterocycles. The van der Waals surface area contributed by atoms with E-state index in [0.29, 0.717) is 22.3 Å². The minimum absolute atomic E-state index is 0.0573. The summed E-state index contributed by atoms with van der Waals surface area (Å²) < 4.78 is 35.0. The molecule has 5 aromatic rings. The predicted molar refractivity (Wildman–Crippen MR) is 111 cm³/mol. The number of fused-ring (bicyclic) bond motifs is 1. The van der Waals surface area contributed by atoms with Crippen molar-refractivity contribution in [2.75, 3.05) is 0 Å². The molecule has 0 N–H and O–H groups in total. The number of nitrogens with zero attached hydrogens (tertiary/aromatic N) is 5. The second-order valence-electron chi connectivity index (χ2n) is 6.74. The Morgan fingerprint density at radius 2 is 1.77 bits per heavy atom. The molecule has 31 heavy (non-hydrogen) atoms. The van der Waals surface area contributed by atoms with E-state index in [-0.39, 0.29) is 34.1 Å². The van der Waals surface area contributed by atoms with Gasteiger partial charge in [0.15, 0.2) is 0 Å². The third-order valence-corrected chi connectivity index (χ3v) is 5.30. The molecule has 2 aromatic carbocycles. The highest BCUT2D eigenvalue weighted by Crippen LogP contribution is 2.23. The number of halogens is 3. The monoisotopic (exact) mass is 483 g/mol. The third-order valence-electron chi connectivity index (χ3n) is 4.70. The molecule has 0 aliphatic rings. The average Bonchev–Trinajstić information content (AvgIpc) is 3.40. The van der Waals surface area contributed by atoms with Gasteiger partial charge in [0, 0.05) is 23.5 Å². The number of aromatic nitrogens is 5. The van der Waals surface area contributed by atoms with E-state index >= 15 is 0 Å². The molecule has 0 bridgehead atoms. The van der Waals surface area contributed by atoms with Gasteiger partial charge in [-0.3, -0.25) is 4.79 Å². The Kier molecular flexibility index (Phi) is 4.70. The second-order valence-corrected chi connectivity index (χ2v) is 7.59. The number of benzene rings is 2. The maximum atomic E-state index is 13.4. The van der Waals surface area contributed by atoms with Gasteiger partial charge >= 0.3 is 0 Å². The van der Waals surface area contributed by atoms with E-state index in [1.807, 2.05) is 0 Å². The van der Waals surface area contributed by atoms with Gasteiger partial charge in [0.2, 0.25) is 11.7 Å². The van der Waals surface area contributed by atoms with E-state index in [1.165, 1.54) is 33.3 Å². The predicted octanol–water partition coefficient (Wildman–Crippen LogP) is 4.30. The molecule has 5 rings (SSSR count). The van der Waals surface area contributed by atoms with Crippen molar-refractivity contribution in [3.05, 3.63) is 93.3 Å². The Hall–Kier alpha value is -3.66. The van der Waals surface area contributed by atoms with Crippen LogP contribution in [0.3, 0.4) is 0 Å². The van der Waals surface area contributed by atoms with Crippen LogP contribution in [0.15, 0.2) is 74.7 Å². The first-order valence-corrected chi connectivity index (χ1v) is 9.90. The normalized spacial score (nSPS) is 11.3. The summed E-state index contributed by atoms with van der Waals surface area (Å²) in [6, 6.07) is 11.9. The molecule has 0 aliphatic heterocycles. The topological polar surface area (TPSA) is 78.2 Å². The molecular formula is C21H12BrF2N5O2. The molecule has 0 spiro atoms. The first kappa shape index (κ1) is 19.3. The van der Waals surface area contributed by atoms with Gasteiger partial charge < -0.3 is 9.09 Å². The van der Waals surface area contributed by atoms with Crippen LogP contribution in [0, 0.1) is 11.6 Å². The van der Waals surface area contributed by atoms with Gasteiger partial charge in [-0.05, 0) is 64.5 Å². The maximum Gasteiger partial charge on any atom is 0.277 e. The van der Waals surface area contributed by atoms with Crippen LogP contribution >= 0.6 is 15.9 Å². The molecule has 0 atom stereocenters. The molecule has 154 valence electrons. The van der Waals surface area contributed by atoms with Crippen LogP contribution < -0.4 is 5.56 Å². The first-order valence-electron chi connectivity index (χ1n) is 9.11. The number of rotatable bonds is 4. The van der Waals surface area contributed by atoms with Crippen molar-refractivity contribution in [3.8, 4) is 22.6 Å². The number of hydrogen-bond acceptors (Lipinski definition) is 5. The van der Waals surface area contributed by atoms with Crippen LogP contribution in [-0.2, 0) is 6.54 Å². The Labute approximate surface area is 181 Å². The Bertz CT molecular complexity index is 1470. The lowest BCUT2D eigenvalue weighted by Gasteiger charge is -2.02. The summed E-state index contributed by atoms with van der Waals surface area (Å²) in [4.78, 5) is 17.2. The highest BCUT2D eigenvalue weighted by molar-refractivity contribution is 9.10. The molecule has 0 saturated carbocycles. The van der Waals surface area contributed by atoms with E-state index in [9.17, 15) is 13.6 Å². The zero-order valence-electron chi connectivity index (χ0n) is 15.7. The fraction of sp³-hybridized carbons (Fsp3) is 0.0476. The van der Waals surface area contributed by atoms with Crippen molar-refractivity contribution in [2.45, 2.75) is 6.54 Å². The Morgan fingerprint density at radius 3 is 2.55 bits per heavy atom. The van der Waals surface area contributed by atoms with Crippen LogP contribution in [0.25, 0.3) is 28.2 Å². The standard InChI is InChI=1S/C21H12BrF2N5O2/c22-15-9-13(3-6-16(15)24)20-25-19(31-27-20)11-28-7-8-29-18(21(28)30)10-17(26-29)12-1-4-14(23)5-2-12/h1-10H,11H2. The highest BCUT2D eigenvalue weighted by atomic mass is 79.9. The lowest BCUT2D eigenvalue weighted by Crippen LogP contribution is -2.21. The largest absolute Gasteiger partial charge is 0.337 e. The third kappa shape index (κ3) is 3.66. The van der Waals surface area contributed by atoms with E-state index in [2.05, 4.69) is 31.2 Å². The van der Waals surface area contributed by atoms with Gasteiger partial charge in [-0.1, -0.05) is 5.16 Å². The van der Waals surface area contributed by atoms with E-state index in [1.54, 1.807) is 36.7 Å². The van der Waals surface area contributed by atoms with Gasteiger partial charge in [-0.15, -0.1) is 0 Å². The summed E-state index contributed by atoms with van der Waals surface area (Å²) in [6.45, 7) is 0.0573. The summed E-state index contributed by atoms with van der Waals surface area (Å²) in [5.41, 5.74) is 1.88. The molecule has 0 unspecified atom stereocenters. The summed E-state index contributed by atoms with van der Waals surface area (Å²) in [5, 5.41) is 8.28. The van der Waals surface area contributed by atoms with Gasteiger partial charge in [-0.2, -0.15) is 10.1 Å². The quantitative estimate of drug-likeness (QED) is 0.380. The zero-order valence-corrected chi connectivity index (χ0v) is 17.3. The number of hydrogen-bond donors (Lipinski definition) is 0. The van der Waals surface area contributed by atoms with Crippen LogP contribution in [-0.4, -0.2) is 24.3 Å². The zero-order chi connectivity index (χ0) is 21.5. The highest BCUT2D eigenvalue weighted by Gasteiger charge is 2.14.